The average molecular weight is 501 g/mol. The predicted octanol–water partition coefficient (Wildman–Crippen LogP) is 6.02. The summed E-state index contributed by atoms with van der Waals surface area (Å²) < 4.78 is 11.9. The molecule has 1 heterocycles. The number of allylic oxidation sites excluding steroid dienone is 2. The first-order chi connectivity index (χ1) is 16.6. The summed E-state index contributed by atoms with van der Waals surface area (Å²) in [6.07, 6.45) is 9.36. The van der Waals surface area contributed by atoms with E-state index in [-0.39, 0.29) is 46.1 Å². The first kappa shape index (κ1) is 26.4. The van der Waals surface area contributed by atoms with Crippen LogP contribution in [-0.4, -0.2) is 41.3 Å². The van der Waals surface area contributed by atoms with Gasteiger partial charge in [-0.2, -0.15) is 0 Å². The van der Waals surface area contributed by atoms with Gasteiger partial charge in [-0.15, -0.1) is 0 Å². The molecule has 1 N–H and O–H groups in total. The van der Waals surface area contributed by atoms with Crippen LogP contribution in [-0.2, 0) is 19.1 Å². The normalized spacial score (nSPS) is 47.4. The Kier molecular flexibility index (Phi) is 5.80. The van der Waals surface area contributed by atoms with Crippen molar-refractivity contribution in [3.8, 4) is 0 Å². The highest BCUT2D eigenvalue weighted by molar-refractivity contribution is 5.99. The Hall–Kier alpha value is -1.20. The van der Waals surface area contributed by atoms with Gasteiger partial charge >= 0.3 is 5.97 Å². The zero-order valence-electron chi connectivity index (χ0n) is 23.8. The van der Waals surface area contributed by atoms with Crippen LogP contribution in [0.5, 0.6) is 0 Å². The van der Waals surface area contributed by atoms with Crippen LogP contribution in [0.4, 0.5) is 0 Å². The van der Waals surface area contributed by atoms with Gasteiger partial charge in [0, 0.05) is 13.5 Å². The summed E-state index contributed by atoms with van der Waals surface area (Å²) in [5.41, 5.74) is -0.811. The zero-order chi connectivity index (χ0) is 26.5. The maximum Gasteiger partial charge on any atom is 0.314 e. The van der Waals surface area contributed by atoms with Gasteiger partial charge in [0.15, 0.2) is 0 Å². The second kappa shape index (κ2) is 7.91. The number of aliphatic hydroxyl groups excluding tert-OH is 1. The molecule has 4 aliphatic carbocycles. The van der Waals surface area contributed by atoms with E-state index in [1.807, 2.05) is 6.92 Å². The minimum absolute atomic E-state index is 0.00888. The third kappa shape index (κ3) is 3.20. The summed E-state index contributed by atoms with van der Waals surface area (Å²) >= 11 is 0. The van der Waals surface area contributed by atoms with Crippen LogP contribution in [0.3, 0.4) is 0 Å². The topological polar surface area (TPSA) is 72.8 Å². The van der Waals surface area contributed by atoms with Crippen molar-refractivity contribution in [1.82, 2.24) is 0 Å². The molecule has 0 aromatic heterocycles. The number of carbonyl (C=O) groups excluding carboxylic acids is 2. The van der Waals surface area contributed by atoms with E-state index in [4.69, 9.17) is 9.47 Å². The Labute approximate surface area is 217 Å². The lowest BCUT2D eigenvalue weighted by Crippen LogP contribution is -2.58. The fourth-order valence-corrected chi connectivity index (χ4v) is 10.1. The summed E-state index contributed by atoms with van der Waals surface area (Å²) in [5, 5.41) is 10.8. The van der Waals surface area contributed by atoms with Crippen molar-refractivity contribution < 1.29 is 24.2 Å². The van der Waals surface area contributed by atoms with E-state index in [0.717, 1.165) is 38.5 Å². The highest BCUT2D eigenvalue weighted by Gasteiger charge is 2.78. The van der Waals surface area contributed by atoms with E-state index in [1.165, 1.54) is 5.57 Å². The van der Waals surface area contributed by atoms with Gasteiger partial charge in [-0.25, -0.2) is 0 Å². The van der Waals surface area contributed by atoms with Gasteiger partial charge in [0.25, 0.3) is 0 Å². The molecule has 0 unspecified atom stereocenters. The molecule has 3 saturated carbocycles. The third-order valence-electron chi connectivity index (χ3n) is 12.3. The van der Waals surface area contributed by atoms with Gasteiger partial charge in [0.05, 0.1) is 23.0 Å². The molecule has 4 fully saturated rings. The van der Waals surface area contributed by atoms with Crippen LogP contribution in [0.2, 0.25) is 0 Å². The number of esters is 1. The molecule has 5 nitrogen and oxygen atoms in total. The molecule has 1 spiro atoms. The standard InChI is InChI=1S/C31H48O5/c1-26(2,35-8)14-9-15-30(7)24-21(32)18-29(6)20-10-11-22-27(3,4)23(33)13-16-28(22,5)19(20)12-17-31(24,29)25(34)36-30/h12,20,22-24,33H,9-11,13-18H2,1-8H3/t20-,22+,23+,24-,28-,29+,30+,31-/m1/s1. The van der Waals surface area contributed by atoms with E-state index < -0.39 is 16.4 Å². The lowest BCUT2D eigenvalue weighted by molar-refractivity contribution is -0.163. The molecule has 0 amide bonds. The third-order valence-corrected chi connectivity index (χ3v) is 12.3. The molecule has 0 aromatic carbocycles. The highest BCUT2D eigenvalue weighted by atomic mass is 16.6. The number of hydrogen-bond acceptors (Lipinski definition) is 5. The summed E-state index contributed by atoms with van der Waals surface area (Å²) in [4.78, 5) is 27.8. The number of carbonyl (C=O) groups is 2. The molecule has 5 aliphatic rings. The van der Waals surface area contributed by atoms with Gasteiger partial charge < -0.3 is 14.6 Å². The smallest absolute Gasteiger partial charge is 0.314 e. The second-order valence-corrected chi connectivity index (χ2v) is 14.8. The number of rotatable bonds is 5. The van der Waals surface area contributed by atoms with Crippen LogP contribution >= 0.6 is 0 Å². The fourth-order valence-electron chi connectivity index (χ4n) is 10.1. The molecule has 0 aromatic rings. The SMILES string of the molecule is COC(C)(C)CCC[C@]1(C)OC(=O)[C@]23CC=C4[C@@H](CC[C@H]5C(C)(C)[C@@H](O)CC[C@]45C)[C@]2(C)CC(=O)[C@@H]31. The molecule has 1 aliphatic heterocycles. The van der Waals surface area contributed by atoms with Crippen LogP contribution < -0.4 is 0 Å². The van der Waals surface area contributed by atoms with Gasteiger partial charge in [0.2, 0.25) is 0 Å². The number of methoxy groups -OCH3 is 1. The second-order valence-electron chi connectivity index (χ2n) is 14.8. The lowest BCUT2D eigenvalue weighted by atomic mass is 9.41. The van der Waals surface area contributed by atoms with E-state index in [9.17, 15) is 14.7 Å². The summed E-state index contributed by atoms with van der Waals surface area (Å²) in [5.74, 6) is 0.331. The zero-order valence-corrected chi connectivity index (χ0v) is 23.8. The van der Waals surface area contributed by atoms with Crippen molar-refractivity contribution in [3.05, 3.63) is 11.6 Å². The van der Waals surface area contributed by atoms with Crippen LogP contribution in [0.15, 0.2) is 11.6 Å². The van der Waals surface area contributed by atoms with Crippen LogP contribution in [0, 0.1) is 39.4 Å². The number of ketones is 1. The van der Waals surface area contributed by atoms with Crippen molar-refractivity contribution in [3.63, 3.8) is 0 Å². The lowest BCUT2D eigenvalue weighted by Gasteiger charge is -2.63. The summed E-state index contributed by atoms with van der Waals surface area (Å²) in [6, 6.07) is 0. The molecular weight excluding hydrogens is 452 g/mol. The van der Waals surface area contributed by atoms with Crippen molar-refractivity contribution in [2.24, 2.45) is 39.4 Å². The Morgan fingerprint density at radius 3 is 2.47 bits per heavy atom. The monoisotopic (exact) mass is 500 g/mol. The Morgan fingerprint density at radius 2 is 1.81 bits per heavy atom. The number of fused-ring (bicyclic) bond motifs is 4. The minimum Gasteiger partial charge on any atom is -0.458 e. The van der Waals surface area contributed by atoms with Crippen LogP contribution in [0.1, 0.15) is 106 Å². The number of ether oxygens (including phenoxy) is 2. The first-order valence-corrected chi connectivity index (χ1v) is 14.3. The molecule has 36 heavy (non-hydrogen) atoms. The Balaban J connectivity index is 1.50. The molecule has 8 atom stereocenters. The Morgan fingerprint density at radius 1 is 1.11 bits per heavy atom. The van der Waals surface area contributed by atoms with E-state index in [2.05, 4.69) is 47.6 Å². The first-order valence-electron chi connectivity index (χ1n) is 14.3. The maximum absolute atomic E-state index is 13.9. The number of aliphatic hydroxyl groups is 1. The van der Waals surface area contributed by atoms with Crippen molar-refractivity contribution in [2.75, 3.05) is 7.11 Å². The fraction of sp³-hybridized carbons (Fsp3) is 0.871. The average Bonchev–Trinajstić information content (AvgIpc) is 3.17. The summed E-state index contributed by atoms with van der Waals surface area (Å²) in [6.45, 7) is 15.2. The number of Topliss-reactive ketones (excluding diaryl/α,β-unsaturated/α-hetero) is 1. The number of cyclic esters (lactones) is 1. The molecule has 1 saturated heterocycles. The quantitative estimate of drug-likeness (QED) is 0.369. The van der Waals surface area contributed by atoms with Crippen molar-refractivity contribution in [2.45, 2.75) is 124 Å². The predicted molar refractivity (Wildman–Crippen MR) is 139 cm³/mol. The van der Waals surface area contributed by atoms with Gasteiger partial charge in [0.1, 0.15) is 11.4 Å². The number of hydrogen-bond donors (Lipinski definition) is 1. The molecule has 202 valence electrons. The van der Waals surface area contributed by atoms with Gasteiger partial charge in [-0.1, -0.05) is 39.3 Å². The minimum atomic E-state index is -0.753. The Bertz CT molecular complexity index is 995. The van der Waals surface area contributed by atoms with Crippen molar-refractivity contribution in [1.29, 1.82) is 0 Å². The largest absolute Gasteiger partial charge is 0.458 e. The van der Waals surface area contributed by atoms with Crippen LogP contribution in [0.25, 0.3) is 0 Å². The van der Waals surface area contributed by atoms with E-state index in [1.54, 1.807) is 7.11 Å². The highest BCUT2D eigenvalue weighted by Crippen LogP contribution is 2.75. The van der Waals surface area contributed by atoms with E-state index in [0.29, 0.717) is 25.2 Å². The molecule has 5 heteroatoms. The molecule has 5 rings (SSSR count). The molecular formula is C31H48O5. The van der Waals surface area contributed by atoms with E-state index >= 15 is 0 Å². The van der Waals surface area contributed by atoms with Gasteiger partial charge in [-0.3, -0.25) is 9.59 Å². The van der Waals surface area contributed by atoms with Crippen molar-refractivity contribution >= 4 is 11.8 Å². The summed E-state index contributed by atoms with van der Waals surface area (Å²) in [7, 11) is 1.73. The maximum atomic E-state index is 13.9. The van der Waals surface area contributed by atoms with Gasteiger partial charge in [-0.05, 0) is 100 Å². The molecule has 0 radical (unpaired) electrons. The molecule has 0 bridgehead atoms.